The van der Waals surface area contributed by atoms with E-state index in [1.807, 2.05) is 36.4 Å². The number of hydrogen-bond acceptors (Lipinski definition) is 2. The molecule has 0 aliphatic carbocycles. The summed E-state index contributed by atoms with van der Waals surface area (Å²) < 4.78 is 1.02. The highest BCUT2D eigenvalue weighted by atomic mass is 32.2. The molecule has 25 heavy (non-hydrogen) atoms. The molecule has 3 heteroatoms. The van der Waals surface area contributed by atoms with E-state index in [2.05, 4.69) is 44.2 Å². The Morgan fingerprint density at radius 1 is 0.960 bits per heavy atom. The third-order valence-corrected chi connectivity index (χ3v) is 5.53. The van der Waals surface area contributed by atoms with Gasteiger partial charge in [-0.1, -0.05) is 78.5 Å². The van der Waals surface area contributed by atoms with Gasteiger partial charge >= 0.3 is 0 Å². The van der Waals surface area contributed by atoms with Crippen LogP contribution in [0.3, 0.4) is 0 Å². The minimum absolute atomic E-state index is 0.133. The minimum atomic E-state index is 0.133. The van der Waals surface area contributed by atoms with Gasteiger partial charge in [0.25, 0.3) is 0 Å². The molecule has 2 nitrogen and oxygen atoms in total. The van der Waals surface area contributed by atoms with Gasteiger partial charge in [-0.05, 0) is 25.5 Å². The van der Waals surface area contributed by atoms with Crippen molar-refractivity contribution in [3.63, 3.8) is 0 Å². The standard InChI is InChI=1S/C22H28NOS/c1-3-23(4-2,19-21-13-9-6-10-14-21)17-18-25-22(24)16-15-20-11-7-5-8-12-20/h5-16H,3-4,17-19H2,1-2H3/q+1. The minimum Gasteiger partial charge on any atom is -0.320 e. The molecular formula is C22H28NOS+. The van der Waals surface area contributed by atoms with Crippen molar-refractivity contribution in [3.8, 4) is 0 Å². The number of quaternary nitrogens is 1. The first-order valence-corrected chi connectivity index (χ1v) is 9.95. The van der Waals surface area contributed by atoms with Crippen molar-refractivity contribution in [1.29, 1.82) is 0 Å². The van der Waals surface area contributed by atoms with E-state index in [1.54, 1.807) is 6.08 Å². The molecule has 2 rings (SSSR count). The number of thioether (sulfide) groups is 1. The van der Waals surface area contributed by atoms with Gasteiger partial charge in [-0.2, -0.15) is 0 Å². The van der Waals surface area contributed by atoms with Gasteiger partial charge < -0.3 is 4.48 Å². The summed E-state index contributed by atoms with van der Waals surface area (Å²) in [5, 5.41) is 0.133. The molecule has 0 amide bonds. The van der Waals surface area contributed by atoms with Crippen molar-refractivity contribution in [3.05, 3.63) is 77.9 Å². The number of hydrogen-bond donors (Lipinski definition) is 0. The van der Waals surface area contributed by atoms with Gasteiger partial charge in [-0.15, -0.1) is 0 Å². The molecule has 0 atom stereocenters. The Kier molecular flexibility index (Phi) is 7.96. The average Bonchev–Trinajstić information content (AvgIpc) is 2.67. The van der Waals surface area contributed by atoms with Crippen molar-refractivity contribution in [1.82, 2.24) is 0 Å². The lowest BCUT2D eigenvalue weighted by Gasteiger charge is -2.37. The average molecular weight is 355 g/mol. The van der Waals surface area contributed by atoms with E-state index < -0.39 is 0 Å². The van der Waals surface area contributed by atoms with E-state index in [-0.39, 0.29) is 5.12 Å². The Morgan fingerprint density at radius 2 is 1.56 bits per heavy atom. The van der Waals surface area contributed by atoms with Crippen LogP contribution in [0, 0.1) is 0 Å². The highest BCUT2D eigenvalue weighted by Gasteiger charge is 2.23. The van der Waals surface area contributed by atoms with Crippen LogP contribution in [-0.4, -0.2) is 35.0 Å². The fourth-order valence-electron chi connectivity index (χ4n) is 2.93. The fourth-order valence-corrected chi connectivity index (χ4v) is 3.77. The van der Waals surface area contributed by atoms with Gasteiger partial charge in [-0.25, -0.2) is 0 Å². The van der Waals surface area contributed by atoms with Crippen molar-refractivity contribution >= 4 is 23.0 Å². The number of benzene rings is 2. The predicted octanol–water partition coefficient (Wildman–Crippen LogP) is 5.02. The van der Waals surface area contributed by atoms with Crippen molar-refractivity contribution in [2.45, 2.75) is 20.4 Å². The van der Waals surface area contributed by atoms with Gasteiger partial charge in [0.1, 0.15) is 6.54 Å². The molecule has 0 saturated heterocycles. The van der Waals surface area contributed by atoms with Crippen LogP contribution >= 0.6 is 11.8 Å². The lowest BCUT2D eigenvalue weighted by molar-refractivity contribution is -0.935. The van der Waals surface area contributed by atoms with Crippen molar-refractivity contribution in [2.24, 2.45) is 0 Å². The van der Waals surface area contributed by atoms with Crippen LogP contribution in [0.2, 0.25) is 0 Å². The molecule has 0 aromatic heterocycles. The first-order valence-electron chi connectivity index (χ1n) is 8.96. The summed E-state index contributed by atoms with van der Waals surface area (Å²) in [6, 6.07) is 20.6. The smallest absolute Gasteiger partial charge is 0.212 e. The largest absolute Gasteiger partial charge is 0.320 e. The quantitative estimate of drug-likeness (QED) is 0.465. The second-order valence-corrected chi connectivity index (χ2v) is 7.35. The lowest BCUT2D eigenvalue weighted by atomic mass is 10.2. The van der Waals surface area contributed by atoms with E-state index in [4.69, 9.17) is 0 Å². The molecule has 2 aromatic rings. The Morgan fingerprint density at radius 3 is 2.16 bits per heavy atom. The monoisotopic (exact) mass is 354 g/mol. The van der Waals surface area contributed by atoms with Crippen LogP contribution in [-0.2, 0) is 11.3 Å². The Bertz CT molecular complexity index is 663. The molecule has 132 valence electrons. The first kappa shape index (κ1) is 19.5. The summed E-state index contributed by atoms with van der Waals surface area (Å²) in [5.74, 6) is 0.854. The molecule has 0 unspecified atom stereocenters. The first-order chi connectivity index (χ1) is 12.2. The number of rotatable bonds is 9. The topological polar surface area (TPSA) is 17.1 Å². The zero-order chi connectivity index (χ0) is 18.0. The molecule has 0 spiro atoms. The van der Waals surface area contributed by atoms with E-state index >= 15 is 0 Å². The summed E-state index contributed by atoms with van der Waals surface area (Å²) >= 11 is 1.42. The van der Waals surface area contributed by atoms with E-state index in [0.717, 1.165) is 42.0 Å². The zero-order valence-corrected chi connectivity index (χ0v) is 16.0. The van der Waals surface area contributed by atoms with Gasteiger partial charge in [-0.3, -0.25) is 4.79 Å². The maximum atomic E-state index is 12.1. The van der Waals surface area contributed by atoms with Gasteiger partial charge in [0, 0.05) is 5.56 Å². The highest BCUT2D eigenvalue weighted by Crippen LogP contribution is 2.17. The van der Waals surface area contributed by atoms with Crippen molar-refractivity contribution < 1.29 is 9.28 Å². The van der Waals surface area contributed by atoms with Gasteiger partial charge in [0.05, 0.1) is 25.4 Å². The molecule has 0 fully saturated rings. The highest BCUT2D eigenvalue weighted by molar-refractivity contribution is 8.14. The normalized spacial score (nSPS) is 11.8. The zero-order valence-electron chi connectivity index (χ0n) is 15.2. The third kappa shape index (κ3) is 6.52. The van der Waals surface area contributed by atoms with Crippen LogP contribution in [0.15, 0.2) is 66.7 Å². The lowest BCUT2D eigenvalue weighted by Crippen LogP contribution is -2.48. The molecule has 0 bridgehead atoms. The second-order valence-electron chi connectivity index (χ2n) is 6.25. The van der Waals surface area contributed by atoms with Crippen LogP contribution in [0.1, 0.15) is 25.0 Å². The predicted molar refractivity (Wildman–Crippen MR) is 109 cm³/mol. The summed E-state index contributed by atoms with van der Waals surface area (Å²) in [7, 11) is 0. The summed E-state index contributed by atoms with van der Waals surface area (Å²) in [6.07, 6.45) is 3.57. The van der Waals surface area contributed by atoms with Crippen LogP contribution in [0.4, 0.5) is 0 Å². The number of carbonyl (C=O) groups is 1. The Hall–Kier alpha value is -1.84. The molecule has 0 aliphatic heterocycles. The molecular weight excluding hydrogens is 326 g/mol. The van der Waals surface area contributed by atoms with Gasteiger partial charge in [0.2, 0.25) is 5.12 Å². The van der Waals surface area contributed by atoms with Crippen molar-refractivity contribution in [2.75, 3.05) is 25.4 Å². The van der Waals surface area contributed by atoms with E-state index in [0.29, 0.717) is 0 Å². The van der Waals surface area contributed by atoms with E-state index in [9.17, 15) is 4.79 Å². The summed E-state index contributed by atoms with van der Waals surface area (Å²) in [4.78, 5) is 12.1. The Balaban J connectivity index is 1.86. The van der Waals surface area contributed by atoms with Gasteiger partial charge in [0.15, 0.2) is 0 Å². The molecule has 0 radical (unpaired) electrons. The van der Waals surface area contributed by atoms with Crippen LogP contribution in [0.25, 0.3) is 6.08 Å². The molecule has 0 aliphatic rings. The number of nitrogens with zero attached hydrogens (tertiary/aromatic N) is 1. The Labute approximate surface area is 156 Å². The maximum absolute atomic E-state index is 12.1. The maximum Gasteiger partial charge on any atom is 0.212 e. The number of carbonyl (C=O) groups excluding carboxylic acids is 1. The van der Waals surface area contributed by atoms with Crippen LogP contribution in [0.5, 0.6) is 0 Å². The molecule has 0 heterocycles. The van der Waals surface area contributed by atoms with E-state index in [1.165, 1.54) is 17.3 Å². The van der Waals surface area contributed by atoms with Crippen LogP contribution < -0.4 is 0 Å². The molecule has 0 saturated carbocycles. The molecule has 0 N–H and O–H groups in total. The SMILES string of the molecule is CC[N+](CC)(CCSC(=O)C=Cc1ccccc1)Cc1ccccc1. The molecule has 2 aromatic carbocycles. The second kappa shape index (κ2) is 10.2. The summed E-state index contributed by atoms with van der Waals surface area (Å²) in [5.41, 5.74) is 2.43. The summed E-state index contributed by atoms with van der Waals surface area (Å²) in [6.45, 7) is 8.70. The fraction of sp³-hybridized carbons (Fsp3) is 0.318. The third-order valence-electron chi connectivity index (χ3n) is 4.72.